The van der Waals surface area contributed by atoms with Crippen LogP contribution in [-0.2, 0) is 19.3 Å². The Morgan fingerprint density at radius 3 is 2.25 bits per heavy atom. The summed E-state index contributed by atoms with van der Waals surface area (Å²) in [5.74, 6) is 1.50. The van der Waals surface area contributed by atoms with Crippen LogP contribution in [0.15, 0.2) is 12.1 Å². The van der Waals surface area contributed by atoms with E-state index in [0.717, 1.165) is 36.5 Å². The van der Waals surface area contributed by atoms with Crippen molar-refractivity contribution in [3.05, 3.63) is 33.8 Å². The SMILES string of the molecule is CCc1nnsc1C(=O)N1CCc2cc(OC)c(OC)cc2CC1. The van der Waals surface area contributed by atoms with Gasteiger partial charge in [0, 0.05) is 13.1 Å². The summed E-state index contributed by atoms with van der Waals surface area (Å²) in [5.41, 5.74) is 3.21. The normalized spacial score (nSPS) is 14.0. The number of hydrogen-bond donors (Lipinski definition) is 0. The van der Waals surface area contributed by atoms with Crippen molar-refractivity contribution in [3.63, 3.8) is 0 Å². The fourth-order valence-electron chi connectivity index (χ4n) is 3.00. The Bertz CT molecular complexity index is 710. The topological polar surface area (TPSA) is 64.6 Å². The molecule has 2 aromatic rings. The molecule has 0 spiro atoms. The summed E-state index contributed by atoms with van der Waals surface area (Å²) in [7, 11) is 3.28. The molecule has 1 aromatic carbocycles. The fraction of sp³-hybridized carbons (Fsp3) is 0.471. The molecule has 7 heteroatoms. The number of aryl methyl sites for hydroxylation is 1. The molecule has 0 aliphatic carbocycles. The average Bonchev–Trinajstić information content (AvgIpc) is 3.00. The van der Waals surface area contributed by atoms with Gasteiger partial charge in [-0.3, -0.25) is 4.79 Å². The highest BCUT2D eigenvalue weighted by Gasteiger charge is 2.24. The van der Waals surface area contributed by atoms with E-state index in [1.165, 1.54) is 22.7 Å². The number of nitrogens with zero attached hydrogens (tertiary/aromatic N) is 3. The number of rotatable bonds is 4. The molecule has 128 valence electrons. The second-order valence-electron chi connectivity index (χ2n) is 5.67. The highest BCUT2D eigenvalue weighted by Crippen LogP contribution is 2.32. The lowest BCUT2D eigenvalue weighted by Gasteiger charge is -2.19. The van der Waals surface area contributed by atoms with Gasteiger partial charge in [0.2, 0.25) is 0 Å². The first-order valence-electron chi connectivity index (χ1n) is 8.02. The van der Waals surface area contributed by atoms with Crippen molar-refractivity contribution in [3.8, 4) is 11.5 Å². The number of hydrogen-bond acceptors (Lipinski definition) is 6. The molecule has 0 saturated heterocycles. The number of amides is 1. The summed E-state index contributed by atoms with van der Waals surface area (Å²) < 4.78 is 14.7. The van der Waals surface area contributed by atoms with E-state index in [1.807, 2.05) is 24.0 Å². The maximum atomic E-state index is 12.8. The Morgan fingerprint density at radius 1 is 1.17 bits per heavy atom. The van der Waals surface area contributed by atoms with Crippen LogP contribution in [0, 0.1) is 0 Å². The van der Waals surface area contributed by atoms with Gasteiger partial charge >= 0.3 is 0 Å². The molecule has 1 amide bonds. The van der Waals surface area contributed by atoms with E-state index in [9.17, 15) is 4.79 Å². The second kappa shape index (κ2) is 7.17. The average molecular weight is 347 g/mol. The predicted octanol–water partition coefficient (Wildman–Crippen LogP) is 2.36. The van der Waals surface area contributed by atoms with Gasteiger partial charge < -0.3 is 14.4 Å². The summed E-state index contributed by atoms with van der Waals surface area (Å²) in [5, 5.41) is 4.05. The van der Waals surface area contributed by atoms with Gasteiger partial charge in [-0.15, -0.1) is 5.10 Å². The first-order valence-corrected chi connectivity index (χ1v) is 8.79. The van der Waals surface area contributed by atoms with Gasteiger partial charge in [-0.1, -0.05) is 11.4 Å². The second-order valence-corrected chi connectivity index (χ2v) is 6.42. The molecule has 1 aliphatic heterocycles. The van der Waals surface area contributed by atoms with Crippen molar-refractivity contribution in [2.75, 3.05) is 27.3 Å². The minimum Gasteiger partial charge on any atom is -0.493 e. The smallest absolute Gasteiger partial charge is 0.267 e. The molecule has 1 aromatic heterocycles. The maximum absolute atomic E-state index is 12.8. The minimum absolute atomic E-state index is 0.0357. The molecular weight excluding hydrogens is 326 g/mol. The van der Waals surface area contributed by atoms with Crippen LogP contribution in [0.4, 0.5) is 0 Å². The maximum Gasteiger partial charge on any atom is 0.267 e. The fourth-order valence-corrected chi connectivity index (χ4v) is 3.72. The van der Waals surface area contributed by atoms with Crippen molar-refractivity contribution in [2.24, 2.45) is 0 Å². The number of aromatic nitrogens is 2. The van der Waals surface area contributed by atoms with E-state index in [4.69, 9.17) is 9.47 Å². The van der Waals surface area contributed by atoms with Crippen LogP contribution >= 0.6 is 11.5 Å². The lowest BCUT2D eigenvalue weighted by molar-refractivity contribution is 0.0766. The van der Waals surface area contributed by atoms with E-state index >= 15 is 0 Å². The van der Waals surface area contributed by atoms with Gasteiger partial charge in [-0.05, 0) is 54.1 Å². The van der Waals surface area contributed by atoms with Crippen LogP contribution in [0.1, 0.15) is 33.4 Å². The summed E-state index contributed by atoms with van der Waals surface area (Å²) in [6, 6.07) is 4.04. The molecule has 0 fully saturated rings. The zero-order chi connectivity index (χ0) is 17.1. The quantitative estimate of drug-likeness (QED) is 0.849. The monoisotopic (exact) mass is 347 g/mol. The van der Waals surface area contributed by atoms with Crippen molar-refractivity contribution in [2.45, 2.75) is 26.2 Å². The number of ether oxygens (including phenoxy) is 2. The van der Waals surface area contributed by atoms with Crippen LogP contribution < -0.4 is 9.47 Å². The Balaban J connectivity index is 1.81. The first-order chi connectivity index (χ1) is 11.7. The highest BCUT2D eigenvalue weighted by atomic mass is 32.1. The van der Waals surface area contributed by atoms with E-state index < -0.39 is 0 Å². The Kier molecular flexibility index (Phi) is 4.99. The summed E-state index contributed by atoms with van der Waals surface area (Å²) in [6.45, 7) is 3.36. The number of methoxy groups -OCH3 is 2. The van der Waals surface area contributed by atoms with Crippen molar-refractivity contribution < 1.29 is 14.3 Å². The third kappa shape index (κ3) is 3.08. The Hall–Kier alpha value is -2.15. The molecule has 2 heterocycles. The highest BCUT2D eigenvalue weighted by molar-refractivity contribution is 7.08. The third-order valence-corrected chi connectivity index (χ3v) is 5.14. The van der Waals surface area contributed by atoms with E-state index in [2.05, 4.69) is 9.59 Å². The molecule has 3 rings (SSSR count). The Morgan fingerprint density at radius 2 is 1.75 bits per heavy atom. The predicted molar refractivity (Wildman–Crippen MR) is 92.1 cm³/mol. The molecule has 0 N–H and O–H groups in total. The van der Waals surface area contributed by atoms with Crippen molar-refractivity contribution in [1.29, 1.82) is 0 Å². The zero-order valence-electron chi connectivity index (χ0n) is 14.2. The largest absolute Gasteiger partial charge is 0.493 e. The van der Waals surface area contributed by atoms with Crippen LogP contribution in [0.3, 0.4) is 0 Å². The Labute approximate surface area is 145 Å². The van der Waals surface area contributed by atoms with Crippen molar-refractivity contribution in [1.82, 2.24) is 14.5 Å². The number of benzene rings is 1. The molecule has 0 atom stereocenters. The summed E-state index contributed by atoms with van der Waals surface area (Å²) >= 11 is 1.19. The molecule has 0 bridgehead atoms. The van der Waals surface area contributed by atoms with Crippen LogP contribution in [0.5, 0.6) is 11.5 Å². The standard InChI is InChI=1S/C17H21N3O3S/c1-4-13-16(24-19-18-13)17(21)20-7-5-11-9-14(22-2)15(23-3)10-12(11)6-8-20/h9-10H,4-8H2,1-3H3. The lowest BCUT2D eigenvalue weighted by Crippen LogP contribution is -2.33. The number of fused-ring (bicyclic) bond motifs is 1. The van der Waals surface area contributed by atoms with Gasteiger partial charge in [0.1, 0.15) is 4.88 Å². The van der Waals surface area contributed by atoms with Crippen LogP contribution in [0.2, 0.25) is 0 Å². The molecule has 0 saturated carbocycles. The van der Waals surface area contributed by atoms with Gasteiger partial charge in [0.15, 0.2) is 11.5 Å². The molecule has 6 nitrogen and oxygen atoms in total. The van der Waals surface area contributed by atoms with Crippen LogP contribution in [-0.4, -0.2) is 47.7 Å². The molecule has 0 unspecified atom stereocenters. The first kappa shape index (κ1) is 16.7. The zero-order valence-corrected chi connectivity index (χ0v) is 15.0. The van der Waals surface area contributed by atoms with Gasteiger partial charge in [-0.2, -0.15) is 0 Å². The van der Waals surface area contributed by atoms with Crippen molar-refractivity contribution >= 4 is 17.4 Å². The summed E-state index contributed by atoms with van der Waals surface area (Å²) in [4.78, 5) is 15.4. The molecule has 24 heavy (non-hydrogen) atoms. The van der Waals surface area contributed by atoms with E-state index in [-0.39, 0.29) is 5.91 Å². The number of carbonyl (C=O) groups is 1. The molecule has 0 radical (unpaired) electrons. The van der Waals surface area contributed by atoms with Gasteiger partial charge in [-0.25, -0.2) is 0 Å². The molecule has 1 aliphatic rings. The minimum atomic E-state index is 0.0357. The van der Waals surface area contributed by atoms with Gasteiger partial charge in [0.05, 0.1) is 19.9 Å². The third-order valence-electron chi connectivity index (χ3n) is 4.38. The van der Waals surface area contributed by atoms with Gasteiger partial charge in [0.25, 0.3) is 5.91 Å². The number of carbonyl (C=O) groups excluding carboxylic acids is 1. The lowest BCUT2D eigenvalue weighted by atomic mass is 10.0. The summed E-state index contributed by atoms with van der Waals surface area (Å²) in [6.07, 6.45) is 2.32. The molecular formula is C17H21N3O3S. The van der Waals surface area contributed by atoms with E-state index in [1.54, 1.807) is 14.2 Å². The van der Waals surface area contributed by atoms with E-state index in [0.29, 0.717) is 18.0 Å². The van der Waals surface area contributed by atoms with Crippen LogP contribution in [0.25, 0.3) is 0 Å².